The van der Waals surface area contributed by atoms with Crippen LogP contribution >= 0.6 is 0 Å². The van der Waals surface area contributed by atoms with E-state index in [2.05, 4.69) is 4.98 Å². The van der Waals surface area contributed by atoms with Gasteiger partial charge in [-0.3, -0.25) is 9.78 Å². The first kappa shape index (κ1) is 14.9. The Morgan fingerprint density at radius 1 is 1.00 bits per heavy atom. The molecule has 0 amide bonds. The molecule has 0 saturated carbocycles. The topological polar surface area (TPSA) is 39.2 Å². The lowest BCUT2D eigenvalue weighted by molar-refractivity contribution is 0.103. The molecule has 0 spiro atoms. The van der Waals surface area contributed by atoms with Crippen molar-refractivity contribution in [2.45, 2.75) is 6.61 Å². The van der Waals surface area contributed by atoms with E-state index < -0.39 is 5.82 Å². The Bertz CT molecular complexity index is 804. The molecule has 3 aromatic rings. The van der Waals surface area contributed by atoms with Crippen molar-refractivity contribution >= 4 is 5.78 Å². The van der Waals surface area contributed by atoms with Gasteiger partial charge in [0.15, 0.2) is 5.78 Å². The van der Waals surface area contributed by atoms with Crippen LogP contribution in [0.1, 0.15) is 21.5 Å². The van der Waals surface area contributed by atoms with Gasteiger partial charge in [-0.05, 0) is 29.8 Å². The number of pyridine rings is 1. The molecule has 2 aromatic carbocycles. The number of nitrogens with zero attached hydrogens (tertiary/aromatic N) is 1. The highest BCUT2D eigenvalue weighted by Crippen LogP contribution is 2.24. The maximum Gasteiger partial charge on any atom is 0.196 e. The fourth-order valence-corrected chi connectivity index (χ4v) is 2.19. The van der Waals surface area contributed by atoms with Crippen molar-refractivity contribution in [2.75, 3.05) is 0 Å². The summed E-state index contributed by atoms with van der Waals surface area (Å²) < 4.78 is 19.2. The van der Waals surface area contributed by atoms with Gasteiger partial charge in [0.2, 0.25) is 0 Å². The van der Waals surface area contributed by atoms with Gasteiger partial charge in [0, 0.05) is 24.0 Å². The molecule has 0 atom stereocenters. The normalized spacial score (nSPS) is 10.3. The van der Waals surface area contributed by atoms with Crippen LogP contribution in [-0.2, 0) is 6.61 Å². The first-order valence-corrected chi connectivity index (χ1v) is 7.15. The molecular weight excluding hydrogens is 293 g/mol. The summed E-state index contributed by atoms with van der Waals surface area (Å²) in [4.78, 5) is 16.5. The van der Waals surface area contributed by atoms with Crippen molar-refractivity contribution in [3.8, 4) is 5.75 Å². The van der Waals surface area contributed by atoms with Gasteiger partial charge >= 0.3 is 0 Å². The summed E-state index contributed by atoms with van der Waals surface area (Å²) in [6.45, 7) is 0.237. The summed E-state index contributed by atoms with van der Waals surface area (Å²) in [5, 5.41) is 0. The standard InChI is InChI=1S/C19H14FNO2/c20-16-6-7-17(19(22)15-4-2-1-3-5-15)18(12-16)23-13-14-8-10-21-11-9-14/h1-12H,13H2. The van der Waals surface area contributed by atoms with E-state index in [4.69, 9.17) is 4.74 Å². The molecule has 23 heavy (non-hydrogen) atoms. The highest BCUT2D eigenvalue weighted by molar-refractivity contribution is 6.10. The lowest BCUT2D eigenvalue weighted by Gasteiger charge is -2.11. The molecule has 0 aliphatic rings. The lowest BCUT2D eigenvalue weighted by Crippen LogP contribution is -2.06. The predicted molar refractivity (Wildman–Crippen MR) is 84.8 cm³/mol. The number of ketones is 1. The third-order valence-electron chi connectivity index (χ3n) is 3.37. The van der Waals surface area contributed by atoms with Gasteiger partial charge in [0.25, 0.3) is 0 Å². The predicted octanol–water partition coefficient (Wildman–Crippen LogP) is 4.03. The minimum atomic E-state index is -0.445. The second kappa shape index (κ2) is 6.83. The number of halogens is 1. The zero-order valence-corrected chi connectivity index (χ0v) is 12.3. The van der Waals surface area contributed by atoms with Crippen LogP contribution < -0.4 is 4.74 Å². The highest BCUT2D eigenvalue weighted by atomic mass is 19.1. The number of carbonyl (C=O) groups excluding carboxylic acids is 1. The van der Waals surface area contributed by atoms with Crippen molar-refractivity contribution in [3.05, 3.63) is 95.6 Å². The van der Waals surface area contributed by atoms with Crippen LogP contribution in [0.25, 0.3) is 0 Å². The number of aromatic nitrogens is 1. The summed E-state index contributed by atoms with van der Waals surface area (Å²) in [6, 6.07) is 16.4. The summed E-state index contributed by atoms with van der Waals surface area (Å²) in [5.41, 5.74) is 1.77. The van der Waals surface area contributed by atoms with E-state index in [9.17, 15) is 9.18 Å². The second-order valence-corrected chi connectivity index (χ2v) is 4.98. The summed E-state index contributed by atoms with van der Waals surface area (Å²) in [7, 11) is 0. The Hall–Kier alpha value is -3.01. The van der Waals surface area contributed by atoms with Crippen molar-refractivity contribution in [1.82, 2.24) is 4.98 Å². The molecule has 114 valence electrons. The third-order valence-corrected chi connectivity index (χ3v) is 3.37. The monoisotopic (exact) mass is 307 g/mol. The van der Waals surface area contributed by atoms with E-state index in [0.29, 0.717) is 11.1 Å². The maximum absolute atomic E-state index is 13.5. The van der Waals surface area contributed by atoms with Crippen molar-refractivity contribution in [2.24, 2.45) is 0 Å². The molecule has 0 fully saturated rings. The van der Waals surface area contributed by atoms with Gasteiger partial charge in [-0.2, -0.15) is 0 Å². The van der Waals surface area contributed by atoms with Gasteiger partial charge in [-0.25, -0.2) is 4.39 Å². The van der Waals surface area contributed by atoms with E-state index >= 15 is 0 Å². The van der Waals surface area contributed by atoms with Crippen molar-refractivity contribution < 1.29 is 13.9 Å². The molecule has 0 aliphatic carbocycles. The summed E-state index contributed by atoms with van der Waals surface area (Å²) in [6.07, 6.45) is 3.31. The van der Waals surface area contributed by atoms with Crippen molar-refractivity contribution in [3.63, 3.8) is 0 Å². The molecule has 0 radical (unpaired) electrons. The maximum atomic E-state index is 13.5. The molecule has 0 unspecified atom stereocenters. The molecule has 0 aliphatic heterocycles. The average molecular weight is 307 g/mol. The Morgan fingerprint density at radius 2 is 1.74 bits per heavy atom. The van der Waals surface area contributed by atoms with Crippen LogP contribution in [-0.4, -0.2) is 10.8 Å². The van der Waals surface area contributed by atoms with Gasteiger partial charge in [-0.15, -0.1) is 0 Å². The summed E-state index contributed by atoms with van der Waals surface area (Å²) in [5.74, 6) is -0.412. The molecule has 1 aromatic heterocycles. The van der Waals surface area contributed by atoms with Crippen LogP contribution in [0.15, 0.2) is 73.1 Å². The van der Waals surface area contributed by atoms with Gasteiger partial charge in [-0.1, -0.05) is 30.3 Å². The van der Waals surface area contributed by atoms with Crippen LogP contribution in [0.4, 0.5) is 4.39 Å². The zero-order chi connectivity index (χ0) is 16.1. The zero-order valence-electron chi connectivity index (χ0n) is 12.3. The number of rotatable bonds is 5. The molecule has 1 heterocycles. The van der Waals surface area contributed by atoms with Crippen LogP contribution in [0.2, 0.25) is 0 Å². The van der Waals surface area contributed by atoms with Crippen molar-refractivity contribution in [1.29, 1.82) is 0 Å². The van der Waals surface area contributed by atoms with Crippen LogP contribution in [0.5, 0.6) is 5.75 Å². The summed E-state index contributed by atoms with van der Waals surface area (Å²) >= 11 is 0. The molecule has 3 nitrogen and oxygen atoms in total. The van der Waals surface area contributed by atoms with Gasteiger partial charge in [0.1, 0.15) is 18.2 Å². The second-order valence-electron chi connectivity index (χ2n) is 4.98. The Morgan fingerprint density at radius 3 is 2.48 bits per heavy atom. The lowest BCUT2D eigenvalue weighted by atomic mass is 10.0. The van der Waals surface area contributed by atoms with Crippen LogP contribution in [0, 0.1) is 5.82 Å². The average Bonchev–Trinajstić information content (AvgIpc) is 2.61. The number of hydrogen-bond acceptors (Lipinski definition) is 3. The minimum Gasteiger partial charge on any atom is -0.488 e. The van der Waals surface area contributed by atoms with E-state index in [1.165, 1.54) is 18.2 Å². The quantitative estimate of drug-likeness (QED) is 0.668. The number of ether oxygens (including phenoxy) is 1. The van der Waals surface area contributed by atoms with E-state index in [0.717, 1.165) is 5.56 Å². The number of hydrogen-bond donors (Lipinski definition) is 0. The molecule has 3 rings (SSSR count). The third kappa shape index (κ3) is 3.61. The van der Waals surface area contributed by atoms with Gasteiger partial charge in [0.05, 0.1) is 5.56 Å². The van der Waals surface area contributed by atoms with E-state index in [1.54, 1.807) is 48.8 Å². The Labute approximate surface area is 133 Å². The van der Waals surface area contributed by atoms with E-state index in [-0.39, 0.29) is 18.1 Å². The van der Waals surface area contributed by atoms with Crippen LogP contribution in [0.3, 0.4) is 0 Å². The molecule has 0 saturated heterocycles. The number of carbonyl (C=O) groups is 1. The molecular formula is C19H14FNO2. The fourth-order valence-electron chi connectivity index (χ4n) is 2.19. The largest absolute Gasteiger partial charge is 0.488 e. The van der Waals surface area contributed by atoms with E-state index in [1.807, 2.05) is 6.07 Å². The Kier molecular flexibility index (Phi) is 4.43. The number of benzene rings is 2. The van der Waals surface area contributed by atoms with Gasteiger partial charge < -0.3 is 4.74 Å². The molecule has 0 N–H and O–H groups in total. The first-order chi connectivity index (χ1) is 11.2. The fraction of sp³-hybridized carbons (Fsp3) is 0.0526. The molecule has 4 heteroatoms. The highest BCUT2D eigenvalue weighted by Gasteiger charge is 2.15. The SMILES string of the molecule is O=C(c1ccccc1)c1ccc(F)cc1OCc1ccncc1. The first-order valence-electron chi connectivity index (χ1n) is 7.15. The molecule has 0 bridgehead atoms. The Balaban J connectivity index is 1.87. The smallest absolute Gasteiger partial charge is 0.196 e. The minimum absolute atomic E-state index is 0.199.